The summed E-state index contributed by atoms with van der Waals surface area (Å²) < 4.78 is 0. The van der Waals surface area contributed by atoms with Gasteiger partial charge in [-0.1, -0.05) is 97.1 Å². The lowest BCUT2D eigenvalue weighted by Gasteiger charge is -2.09. The minimum atomic E-state index is 0.695. The second-order valence-corrected chi connectivity index (χ2v) is 7.00. The van der Waals surface area contributed by atoms with Crippen molar-refractivity contribution in [1.82, 2.24) is 15.0 Å². The molecule has 4 aromatic carbocycles. The molecule has 5 rings (SSSR count). The van der Waals surface area contributed by atoms with Crippen LogP contribution in [0.2, 0.25) is 0 Å². The average molecular weight is 373 g/mol. The van der Waals surface area contributed by atoms with E-state index < -0.39 is 0 Å². The fourth-order valence-corrected chi connectivity index (χ4v) is 3.60. The molecule has 0 aliphatic heterocycles. The number of aromatic nitrogens is 3. The number of hydrogen-bond donors (Lipinski definition) is 0. The highest BCUT2D eigenvalue weighted by Crippen LogP contribution is 2.30. The molecule has 0 atom stereocenters. The molecule has 0 N–H and O–H groups in total. The van der Waals surface area contributed by atoms with Gasteiger partial charge in [0, 0.05) is 11.1 Å². The van der Waals surface area contributed by atoms with Gasteiger partial charge in [0.1, 0.15) is 5.82 Å². The van der Waals surface area contributed by atoms with Crippen molar-refractivity contribution in [2.75, 3.05) is 0 Å². The second kappa shape index (κ2) is 7.28. The summed E-state index contributed by atoms with van der Waals surface area (Å²) in [5.41, 5.74) is 4.38. The quantitative estimate of drug-likeness (QED) is 0.371. The molecule has 3 nitrogen and oxygen atoms in total. The Hall–Kier alpha value is -3.85. The van der Waals surface area contributed by atoms with E-state index in [1.807, 2.05) is 37.3 Å². The molecule has 0 radical (unpaired) electrons. The van der Waals surface area contributed by atoms with E-state index in [4.69, 9.17) is 4.98 Å². The molecule has 0 saturated carbocycles. The highest BCUT2D eigenvalue weighted by molar-refractivity contribution is 5.96. The van der Waals surface area contributed by atoms with E-state index in [2.05, 4.69) is 76.7 Å². The molecule has 138 valence electrons. The molecule has 0 fully saturated rings. The third-order valence-corrected chi connectivity index (χ3v) is 5.02. The van der Waals surface area contributed by atoms with Crippen LogP contribution in [-0.4, -0.2) is 15.0 Å². The fraction of sp³-hybridized carbons (Fsp3) is 0.0385. The first-order valence-corrected chi connectivity index (χ1v) is 9.65. The summed E-state index contributed by atoms with van der Waals surface area (Å²) >= 11 is 0. The molecular formula is C26H19N3. The Balaban J connectivity index is 1.55. The lowest BCUT2D eigenvalue weighted by Crippen LogP contribution is -1.99. The standard InChI is InChI=1S/C26H19N3/c1-18-27-25(21-9-3-2-4-10-21)29-26(28-18)22-16-14-20(15-17-22)24-13-7-11-19-8-5-6-12-23(19)24/h2-17H,1H3. The largest absolute Gasteiger partial charge is 0.213 e. The third kappa shape index (κ3) is 3.39. The van der Waals surface area contributed by atoms with Crippen LogP contribution in [0.15, 0.2) is 97.1 Å². The molecule has 0 saturated heterocycles. The fourth-order valence-electron chi connectivity index (χ4n) is 3.60. The average Bonchev–Trinajstić information content (AvgIpc) is 2.79. The van der Waals surface area contributed by atoms with E-state index in [0.29, 0.717) is 17.5 Å². The lowest BCUT2D eigenvalue weighted by atomic mass is 9.97. The molecule has 1 heterocycles. The topological polar surface area (TPSA) is 38.7 Å². The van der Waals surface area contributed by atoms with Crippen LogP contribution in [0.25, 0.3) is 44.7 Å². The van der Waals surface area contributed by atoms with E-state index in [-0.39, 0.29) is 0 Å². The maximum Gasteiger partial charge on any atom is 0.163 e. The van der Waals surface area contributed by atoms with Gasteiger partial charge in [-0.2, -0.15) is 0 Å². The van der Waals surface area contributed by atoms with E-state index in [1.165, 1.54) is 21.9 Å². The van der Waals surface area contributed by atoms with Crippen LogP contribution in [0.4, 0.5) is 0 Å². The Labute approximate surface area is 169 Å². The summed E-state index contributed by atoms with van der Waals surface area (Å²) in [6.07, 6.45) is 0. The number of rotatable bonds is 3. The summed E-state index contributed by atoms with van der Waals surface area (Å²) in [6.45, 7) is 1.90. The normalized spacial score (nSPS) is 10.9. The van der Waals surface area contributed by atoms with Crippen LogP contribution in [0.3, 0.4) is 0 Å². The van der Waals surface area contributed by atoms with Crippen molar-refractivity contribution in [3.63, 3.8) is 0 Å². The highest BCUT2D eigenvalue weighted by Gasteiger charge is 2.09. The van der Waals surface area contributed by atoms with Gasteiger partial charge in [0.25, 0.3) is 0 Å². The molecule has 0 bridgehead atoms. The van der Waals surface area contributed by atoms with Gasteiger partial charge in [0.15, 0.2) is 11.6 Å². The van der Waals surface area contributed by atoms with Crippen molar-refractivity contribution in [3.8, 4) is 33.9 Å². The Morgan fingerprint density at radius 2 is 1.07 bits per heavy atom. The van der Waals surface area contributed by atoms with Crippen LogP contribution in [0, 0.1) is 6.92 Å². The Morgan fingerprint density at radius 1 is 0.483 bits per heavy atom. The molecule has 0 amide bonds. The summed E-state index contributed by atoms with van der Waals surface area (Å²) in [4.78, 5) is 13.8. The van der Waals surface area contributed by atoms with Gasteiger partial charge < -0.3 is 0 Å². The predicted molar refractivity (Wildman–Crippen MR) is 118 cm³/mol. The van der Waals surface area contributed by atoms with Gasteiger partial charge in [0.05, 0.1) is 0 Å². The molecule has 0 aliphatic rings. The second-order valence-electron chi connectivity index (χ2n) is 7.00. The third-order valence-electron chi connectivity index (χ3n) is 5.02. The zero-order valence-corrected chi connectivity index (χ0v) is 16.1. The SMILES string of the molecule is Cc1nc(-c2ccccc2)nc(-c2ccc(-c3cccc4ccccc34)cc2)n1. The van der Waals surface area contributed by atoms with E-state index in [1.54, 1.807) is 0 Å². The molecule has 5 aromatic rings. The van der Waals surface area contributed by atoms with Crippen LogP contribution < -0.4 is 0 Å². The number of nitrogens with zero attached hydrogens (tertiary/aromatic N) is 3. The van der Waals surface area contributed by atoms with Gasteiger partial charge in [-0.15, -0.1) is 0 Å². The first-order valence-electron chi connectivity index (χ1n) is 9.65. The van der Waals surface area contributed by atoms with Crippen LogP contribution in [-0.2, 0) is 0 Å². The van der Waals surface area contributed by atoms with E-state index in [9.17, 15) is 0 Å². The summed E-state index contributed by atoms with van der Waals surface area (Å²) in [7, 11) is 0. The number of aryl methyl sites for hydroxylation is 1. The monoisotopic (exact) mass is 373 g/mol. The lowest BCUT2D eigenvalue weighted by molar-refractivity contribution is 0.992. The van der Waals surface area contributed by atoms with Crippen molar-refractivity contribution >= 4 is 10.8 Å². The number of benzene rings is 4. The number of fused-ring (bicyclic) bond motifs is 1. The van der Waals surface area contributed by atoms with Crippen LogP contribution in [0.5, 0.6) is 0 Å². The van der Waals surface area contributed by atoms with E-state index in [0.717, 1.165) is 11.1 Å². The first-order chi connectivity index (χ1) is 14.3. The van der Waals surface area contributed by atoms with Crippen LogP contribution in [0.1, 0.15) is 5.82 Å². The van der Waals surface area contributed by atoms with Gasteiger partial charge in [0.2, 0.25) is 0 Å². The smallest absolute Gasteiger partial charge is 0.163 e. The summed E-state index contributed by atoms with van der Waals surface area (Å²) in [6, 6.07) is 33.3. The minimum Gasteiger partial charge on any atom is -0.213 e. The van der Waals surface area contributed by atoms with Crippen molar-refractivity contribution in [2.24, 2.45) is 0 Å². The van der Waals surface area contributed by atoms with Crippen molar-refractivity contribution in [1.29, 1.82) is 0 Å². The van der Waals surface area contributed by atoms with Gasteiger partial charge in [-0.3, -0.25) is 0 Å². The minimum absolute atomic E-state index is 0.695. The first kappa shape index (κ1) is 17.3. The van der Waals surface area contributed by atoms with Crippen molar-refractivity contribution < 1.29 is 0 Å². The van der Waals surface area contributed by atoms with E-state index >= 15 is 0 Å². The molecular weight excluding hydrogens is 354 g/mol. The van der Waals surface area contributed by atoms with Crippen molar-refractivity contribution in [3.05, 3.63) is 103 Å². The molecule has 0 unspecified atom stereocenters. The number of hydrogen-bond acceptors (Lipinski definition) is 3. The Morgan fingerprint density at radius 3 is 1.83 bits per heavy atom. The Kier molecular flexibility index (Phi) is 4.34. The van der Waals surface area contributed by atoms with Crippen molar-refractivity contribution in [2.45, 2.75) is 6.92 Å². The molecule has 29 heavy (non-hydrogen) atoms. The van der Waals surface area contributed by atoms with Gasteiger partial charge in [-0.25, -0.2) is 15.0 Å². The summed E-state index contributed by atoms with van der Waals surface area (Å²) in [5.74, 6) is 2.11. The zero-order chi connectivity index (χ0) is 19.6. The maximum atomic E-state index is 4.70. The maximum absolute atomic E-state index is 4.70. The highest BCUT2D eigenvalue weighted by atomic mass is 15.0. The predicted octanol–water partition coefficient (Wildman–Crippen LogP) is 6.33. The summed E-state index contributed by atoms with van der Waals surface area (Å²) in [5, 5.41) is 2.50. The van der Waals surface area contributed by atoms with Gasteiger partial charge >= 0.3 is 0 Å². The molecule has 0 aliphatic carbocycles. The molecule has 3 heteroatoms. The molecule has 0 spiro atoms. The zero-order valence-electron chi connectivity index (χ0n) is 16.1. The van der Waals surface area contributed by atoms with Crippen LogP contribution >= 0.6 is 0 Å². The van der Waals surface area contributed by atoms with Gasteiger partial charge in [-0.05, 0) is 28.8 Å². The Bertz CT molecular complexity index is 1290. The molecule has 1 aromatic heterocycles.